The molecule has 0 bridgehead atoms. The summed E-state index contributed by atoms with van der Waals surface area (Å²) in [6.45, 7) is 3.96. The second-order valence-electron chi connectivity index (χ2n) is 7.97. The average Bonchev–Trinajstić information content (AvgIpc) is 3.49. The minimum Gasteiger partial charge on any atom is -0.334 e. The van der Waals surface area contributed by atoms with Crippen LogP contribution >= 0.6 is 11.6 Å². The molecule has 5 rings (SSSR count). The van der Waals surface area contributed by atoms with Crippen LogP contribution in [0.2, 0.25) is 5.02 Å². The van der Waals surface area contributed by atoms with Crippen molar-refractivity contribution in [2.45, 2.75) is 39.0 Å². The Morgan fingerprint density at radius 1 is 1.16 bits per heavy atom. The zero-order valence-corrected chi connectivity index (χ0v) is 18.0. The maximum absolute atomic E-state index is 12.8. The Bertz CT molecular complexity index is 1310. The van der Waals surface area contributed by atoms with Crippen molar-refractivity contribution in [1.29, 1.82) is 0 Å². The Balaban J connectivity index is 1.34. The highest BCUT2D eigenvalue weighted by molar-refractivity contribution is 6.34. The minimum absolute atomic E-state index is 0.147. The quantitative estimate of drug-likeness (QED) is 0.443. The van der Waals surface area contributed by atoms with Crippen molar-refractivity contribution < 1.29 is 9.32 Å². The Morgan fingerprint density at radius 2 is 1.97 bits per heavy atom. The van der Waals surface area contributed by atoms with Gasteiger partial charge in [-0.3, -0.25) is 9.78 Å². The van der Waals surface area contributed by atoms with Crippen LogP contribution in [0.3, 0.4) is 0 Å². The van der Waals surface area contributed by atoms with Crippen LogP contribution in [0.1, 0.15) is 41.4 Å². The number of carbonyl (C=O) groups excluding carboxylic acids is 1. The molecule has 2 aromatic heterocycles. The van der Waals surface area contributed by atoms with Crippen molar-refractivity contribution in [3.8, 4) is 11.5 Å². The number of anilines is 1. The highest BCUT2D eigenvalue weighted by atomic mass is 35.5. The third-order valence-corrected chi connectivity index (χ3v) is 6.01. The second-order valence-corrected chi connectivity index (χ2v) is 8.38. The van der Waals surface area contributed by atoms with Crippen LogP contribution in [0.4, 0.5) is 5.69 Å². The lowest BCUT2D eigenvalue weighted by Crippen LogP contribution is -2.16. The standard InChI is InChI=1S/C24H21ClN4O2/c1-13-17-5-3-4-6-20(17)26-14(2)18(13)12-22(30)27-21-10-9-16(11-19(21)25)24-28-23(29-31-24)15-7-8-15/h3-6,9-11,15H,7-8,12H2,1-2H3,(H,27,30). The molecule has 1 amide bonds. The monoisotopic (exact) mass is 432 g/mol. The van der Waals surface area contributed by atoms with E-state index in [4.69, 9.17) is 16.1 Å². The number of hydrogen-bond acceptors (Lipinski definition) is 5. The first-order valence-electron chi connectivity index (χ1n) is 10.3. The number of rotatable bonds is 5. The van der Waals surface area contributed by atoms with Gasteiger partial charge in [-0.05, 0) is 62.1 Å². The first kappa shape index (κ1) is 19.7. The minimum atomic E-state index is -0.147. The average molecular weight is 433 g/mol. The number of carbonyl (C=O) groups is 1. The van der Waals surface area contributed by atoms with E-state index in [1.54, 1.807) is 12.1 Å². The van der Waals surface area contributed by atoms with Gasteiger partial charge in [0.15, 0.2) is 5.82 Å². The fourth-order valence-corrected chi connectivity index (χ4v) is 4.02. The molecule has 1 aliphatic carbocycles. The van der Waals surface area contributed by atoms with Gasteiger partial charge >= 0.3 is 0 Å². The van der Waals surface area contributed by atoms with Gasteiger partial charge in [0.05, 0.1) is 22.6 Å². The molecule has 0 aliphatic heterocycles. The maximum atomic E-state index is 12.8. The second kappa shape index (κ2) is 7.78. The normalized spacial score (nSPS) is 13.5. The molecule has 2 aromatic carbocycles. The topological polar surface area (TPSA) is 80.9 Å². The zero-order chi connectivity index (χ0) is 21.5. The van der Waals surface area contributed by atoms with E-state index in [1.807, 2.05) is 44.2 Å². The summed E-state index contributed by atoms with van der Waals surface area (Å²) in [5, 5.41) is 8.42. The fraction of sp³-hybridized carbons (Fsp3) is 0.250. The predicted octanol–water partition coefficient (Wildman–Crippen LogP) is 5.61. The van der Waals surface area contributed by atoms with Gasteiger partial charge in [-0.15, -0.1) is 0 Å². The SMILES string of the molecule is Cc1nc2ccccc2c(C)c1CC(=O)Nc1ccc(-c2nc(C3CC3)no2)cc1Cl. The summed E-state index contributed by atoms with van der Waals surface area (Å²) in [6.07, 6.45) is 2.44. The van der Waals surface area contributed by atoms with Crippen molar-refractivity contribution in [3.63, 3.8) is 0 Å². The Labute approximate surface area is 184 Å². The van der Waals surface area contributed by atoms with Crippen LogP contribution < -0.4 is 5.32 Å². The van der Waals surface area contributed by atoms with E-state index in [-0.39, 0.29) is 12.3 Å². The van der Waals surface area contributed by atoms with E-state index in [1.165, 1.54) is 0 Å². The lowest BCUT2D eigenvalue weighted by molar-refractivity contribution is -0.115. The van der Waals surface area contributed by atoms with E-state index in [2.05, 4.69) is 20.4 Å². The molecule has 0 atom stereocenters. The summed E-state index contributed by atoms with van der Waals surface area (Å²) in [4.78, 5) is 21.9. The van der Waals surface area contributed by atoms with Crippen LogP contribution in [-0.2, 0) is 11.2 Å². The summed E-state index contributed by atoms with van der Waals surface area (Å²) in [5.74, 6) is 1.46. The van der Waals surface area contributed by atoms with Gasteiger partial charge in [-0.25, -0.2) is 0 Å². The molecule has 0 saturated heterocycles. The highest BCUT2D eigenvalue weighted by Crippen LogP contribution is 2.39. The molecule has 156 valence electrons. The number of pyridine rings is 1. The molecule has 2 heterocycles. The van der Waals surface area contributed by atoms with Gasteiger partial charge < -0.3 is 9.84 Å². The van der Waals surface area contributed by atoms with Gasteiger partial charge in [-0.1, -0.05) is 35.0 Å². The molecule has 1 aliphatic rings. The Hall–Kier alpha value is -3.25. The number of aromatic nitrogens is 3. The molecular weight excluding hydrogens is 412 g/mol. The number of halogens is 1. The summed E-state index contributed by atoms with van der Waals surface area (Å²) >= 11 is 6.43. The summed E-state index contributed by atoms with van der Waals surface area (Å²) < 4.78 is 5.35. The number of hydrogen-bond donors (Lipinski definition) is 1. The largest absolute Gasteiger partial charge is 0.334 e. The maximum Gasteiger partial charge on any atom is 0.257 e. The predicted molar refractivity (Wildman–Crippen MR) is 120 cm³/mol. The number of para-hydroxylation sites is 1. The van der Waals surface area contributed by atoms with E-state index in [0.717, 1.165) is 52.0 Å². The molecule has 0 unspecified atom stereocenters. The number of fused-ring (bicyclic) bond motifs is 1. The van der Waals surface area contributed by atoms with E-state index >= 15 is 0 Å². The van der Waals surface area contributed by atoms with Crippen LogP contribution in [0.15, 0.2) is 47.0 Å². The van der Waals surface area contributed by atoms with Crippen molar-refractivity contribution in [3.05, 3.63) is 70.1 Å². The van der Waals surface area contributed by atoms with Crippen molar-refractivity contribution in [1.82, 2.24) is 15.1 Å². The van der Waals surface area contributed by atoms with Gasteiger partial charge in [0.25, 0.3) is 5.89 Å². The van der Waals surface area contributed by atoms with Crippen molar-refractivity contribution in [2.75, 3.05) is 5.32 Å². The molecule has 0 radical (unpaired) electrons. The molecular formula is C24H21ClN4O2. The van der Waals surface area contributed by atoms with Crippen LogP contribution in [0.5, 0.6) is 0 Å². The zero-order valence-electron chi connectivity index (χ0n) is 17.3. The van der Waals surface area contributed by atoms with Crippen molar-refractivity contribution >= 4 is 34.1 Å². The molecule has 4 aromatic rings. The highest BCUT2D eigenvalue weighted by Gasteiger charge is 2.29. The van der Waals surface area contributed by atoms with Crippen molar-refractivity contribution in [2.24, 2.45) is 0 Å². The van der Waals surface area contributed by atoms with E-state index < -0.39 is 0 Å². The molecule has 1 saturated carbocycles. The molecule has 6 nitrogen and oxygen atoms in total. The molecule has 31 heavy (non-hydrogen) atoms. The van der Waals surface area contributed by atoms with Gasteiger partial charge in [-0.2, -0.15) is 4.98 Å². The smallest absolute Gasteiger partial charge is 0.257 e. The number of nitrogens with zero attached hydrogens (tertiary/aromatic N) is 3. The first-order chi connectivity index (χ1) is 15.0. The van der Waals surface area contributed by atoms with Crippen LogP contribution in [0, 0.1) is 13.8 Å². The lowest BCUT2D eigenvalue weighted by Gasteiger charge is -2.13. The Morgan fingerprint density at radius 3 is 2.74 bits per heavy atom. The molecule has 1 fully saturated rings. The van der Waals surface area contributed by atoms with Gasteiger partial charge in [0, 0.05) is 22.6 Å². The third kappa shape index (κ3) is 3.91. The van der Waals surface area contributed by atoms with E-state index in [9.17, 15) is 4.79 Å². The Kier molecular flexibility index (Phi) is 4.94. The summed E-state index contributed by atoms with van der Waals surface area (Å²) in [5.41, 5.74) is 5.07. The number of benzene rings is 2. The van der Waals surface area contributed by atoms with Gasteiger partial charge in [0.2, 0.25) is 5.91 Å². The van der Waals surface area contributed by atoms with E-state index in [0.29, 0.717) is 22.5 Å². The molecule has 7 heteroatoms. The van der Waals surface area contributed by atoms with Gasteiger partial charge in [0.1, 0.15) is 0 Å². The summed E-state index contributed by atoms with van der Waals surface area (Å²) in [6, 6.07) is 13.3. The number of nitrogens with one attached hydrogen (secondary N) is 1. The number of amides is 1. The molecule has 0 spiro atoms. The lowest BCUT2D eigenvalue weighted by atomic mass is 9.99. The van der Waals surface area contributed by atoms with Crippen LogP contribution in [0.25, 0.3) is 22.4 Å². The number of aryl methyl sites for hydroxylation is 2. The first-order valence-corrected chi connectivity index (χ1v) is 10.7. The van der Waals surface area contributed by atoms with Crippen LogP contribution in [-0.4, -0.2) is 21.0 Å². The molecule has 1 N–H and O–H groups in total. The third-order valence-electron chi connectivity index (χ3n) is 5.70. The summed E-state index contributed by atoms with van der Waals surface area (Å²) in [7, 11) is 0. The fourth-order valence-electron chi connectivity index (χ4n) is 3.79.